The number of aliphatic hydroxyl groups excluding tert-OH is 1. The Morgan fingerprint density at radius 1 is 1.00 bits per heavy atom. The van der Waals surface area contributed by atoms with Crippen LogP contribution >= 0.6 is 0 Å². The van der Waals surface area contributed by atoms with Gasteiger partial charge < -0.3 is 14.9 Å². The molecule has 0 aromatic carbocycles. The molecular weight excluding hydrogens is 260 g/mol. The molecule has 0 saturated heterocycles. The quantitative estimate of drug-likeness (QED) is 0.402. The number of carbonyl (C=O) groups excluding carboxylic acids is 1. The van der Waals surface area contributed by atoms with Crippen molar-refractivity contribution in [3.8, 4) is 0 Å². The lowest BCUT2D eigenvalue weighted by Gasteiger charge is -2.09. The first-order valence-corrected chi connectivity index (χ1v) is 7.54. The Balaban J connectivity index is 3.30. The molecule has 0 bridgehead atoms. The van der Waals surface area contributed by atoms with Crippen molar-refractivity contribution in [2.24, 2.45) is 5.92 Å². The van der Waals surface area contributed by atoms with Gasteiger partial charge in [-0.05, 0) is 31.6 Å². The Labute approximate surface area is 121 Å². The SMILES string of the molecule is CC(CCO)CCOC(=O)CCCCCCCC(=O)O. The molecule has 0 aromatic heterocycles. The Hall–Kier alpha value is -1.10. The van der Waals surface area contributed by atoms with Crippen molar-refractivity contribution in [2.75, 3.05) is 13.2 Å². The molecule has 0 amide bonds. The van der Waals surface area contributed by atoms with Gasteiger partial charge in [0.05, 0.1) is 6.61 Å². The Bertz CT molecular complexity index is 265. The summed E-state index contributed by atoms with van der Waals surface area (Å²) in [7, 11) is 0. The van der Waals surface area contributed by atoms with E-state index >= 15 is 0 Å². The number of hydrogen-bond acceptors (Lipinski definition) is 4. The lowest BCUT2D eigenvalue weighted by Crippen LogP contribution is -2.09. The monoisotopic (exact) mass is 288 g/mol. The van der Waals surface area contributed by atoms with Crippen molar-refractivity contribution < 1.29 is 24.5 Å². The van der Waals surface area contributed by atoms with Crippen LogP contribution in [0, 0.1) is 5.92 Å². The summed E-state index contributed by atoms with van der Waals surface area (Å²) in [5.74, 6) is -0.530. The van der Waals surface area contributed by atoms with Gasteiger partial charge in [-0.25, -0.2) is 0 Å². The van der Waals surface area contributed by atoms with Crippen LogP contribution in [0.5, 0.6) is 0 Å². The van der Waals surface area contributed by atoms with E-state index in [0.717, 1.165) is 38.5 Å². The molecule has 0 aliphatic rings. The molecule has 0 radical (unpaired) electrons. The standard InChI is InChI=1S/C15H28O5/c1-13(9-11-16)10-12-20-15(19)8-6-4-2-3-5-7-14(17)18/h13,16H,2-12H2,1H3,(H,17,18). The van der Waals surface area contributed by atoms with E-state index < -0.39 is 5.97 Å². The van der Waals surface area contributed by atoms with Gasteiger partial charge in [-0.2, -0.15) is 0 Å². The molecule has 118 valence electrons. The molecule has 0 aliphatic carbocycles. The molecule has 0 fully saturated rings. The minimum absolute atomic E-state index is 0.160. The van der Waals surface area contributed by atoms with E-state index in [1.54, 1.807) is 0 Å². The van der Waals surface area contributed by atoms with E-state index in [4.69, 9.17) is 14.9 Å². The fourth-order valence-corrected chi connectivity index (χ4v) is 1.89. The molecule has 0 rings (SSSR count). The normalized spacial score (nSPS) is 12.1. The van der Waals surface area contributed by atoms with E-state index in [9.17, 15) is 9.59 Å². The summed E-state index contributed by atoms with van der Waals surface area (Å²) in [4.78, 5) is 21.7. The third-order valence-corrected chi connectivity index (χ3v) is 3.27. The third-order valence-electron chi connectivity index (χ3n) is 3.27. The lowest BCUT2D eigenvalue weighted by atomic mass is 10.1. The molecule has 5 heteroatoms. The van der Waals surface area contributed by atoms with E-state index in [0.29, 0.717) is 25.4 Å². The molecule has 0 spiro atoms. The van der Waals surface area contributed by atoms with E-state index in [1.165, 1.54) is 0 Å². The molecule has 0 saturated carbocycles. The summed E-state index contributed by atoms with van der Waals surface area (Å²) in [6.07, 6.45) is 6.53. The zero-order valence-electron chi connectivity index (χ0n) is 12.5. The molecule has 2 N–H and O–H groups in total. The van der Waals surface area contributed by atoms with Gasteiger partial charge in [0.25, 0.3) is 0 Å². The van der Waals surface area contributed by atoms with E-state index in [2.05, 4.69) is 0 Å². The smallest absolute Gasteiger partial charge is 0.305 e. The average Bonchev–Trinajstić information content (AvgIpc) is 2.37. The predicted molar refractivity (Wildman–Crippen MR) is 76.4 cm³/mol. The van der Waals surface area contributed by atoms with Gasteiger partial charge in [-0.15, -0.1) is 0 Å². The number of unbranched alkanes of at least 4 members (excludes halogenated alkanes) is 4. The molecule has 0 aliphatic heterocycles. The van der Waals surface area contributed by atoms with Gasteiger partial charge in [-0.3, -0.25) is 9.59 Å². The summed E-state index contributed by atoms with van der Waals surface area (Å²) in [6.45, 7) is 2.64. The second kappa shape index (κ2) is 12.9. The van der Waals surface area contributed by atoms with Crippen LogP contribution in [0.3, 0.4) is 0 Å². The minimum atomic E-state index is -0.746. The van der Waals surface area contributed by atoms with Crippen LogP contribution in [-0.2, 0) is 14.3 Å². The zero-order valence-corrected chi connectivity index (χ0v) is 12.5. The first kappa shape index (κ1) is 18.9. The molecular formula is C15H28O5. The highest BCUT2D eigenvalue weighted by atomic mass is 16.5. The highest BCUT2D eigenvalue weighted by Crippen LogP contribution is 2.09. The lowest BCUT2D eigenvalue weighted by molar-refractivity contribution is -0.144. The molecule has 0 aromatic rings. The van der Waals surface area contributed by atoms with Crippen molar-refractivity contribution >= 4 is 11.9 Å². The second-order valence-electron chi connectivity index (χ2n) is 5.29. The number of esters is 1. The largest absolute Gasteiger partial charge is 0.481 e. The fourth-order valence-electron chi connectivity index (χ4n) is 1.89. The van der Waals surface area contributed by atoms with Crippen LogP contribution in [0.1, 0.15) is 64.7 Å². The van der Waals surface area contributed by atoms with Gasteiger partial charge >= 0.3 is 11.9 Å². The van der Waals surface area contributed by atoms with Crippen LogP contribution in [0.4, 0.5) is 0 Å². The number of carboxylic acids is 1. The number of aliphatic carboxylic acids is 1. The summed E-state index contributed by atoms with van der Waals surface area (Å²) in [5.41, 5.74) is 0. The van der Waals surface area contributed by atoms with Crippen molar-refractivity contribution in [3.05, 3.63) is 0 Å². The minimum Gasteiger partial charge on any atom is -0.481 e. The van der Waals surface area contributed by atoms with Crippen molar-refractivity contribution in [1.82, 2.24) is 0 Å². The van der Waals surface area contributed by atoms with Crippen LogP contribution in [-0.4, -0.2) is 35.4 Å². The van der Waals surface area contributed by atoms with Gasteiger partial charge in [0.2, 0.25) is 0 Å². The van der Waals surface area contributed by atoms with E-state index in [1.807, 2.05) is 6.92 Å². The Morgan fingerprint density at radius 3 is 2.20 bits per heavy atom. The van der Waals surface area contributed by atoms with Gasteiger partial charge in [0, 0.05) is 19.4 Å². The van der Waals surface area contributed by atoms with Crippen LogP contribution < -0.4 is 0 Å². The molecule has 1 unspecified atom stereocenters. The molecule has 5 nitrogen and oxygen atoms in total. The topological polar surface area (TPSA) is 83.8 Å². The number of hydrogen-bond donors (Lipinski definition) is 2. The highest BCUT2D eigenvalue weighted by Gasteiger charge is 2.05. The summed E-state index contributed by atoms with van der Waals surface area (Å²) in [6, 6.07) is 0. The van der Waals surface area contributed by atoms with Crippen molar-refractivity contribution in [3.63, 3.8) is 0 Å². The number of carboxylic acid groups (broad SMARTS) is 1. The van der Waals surface area contributed by atoms with Crippen LogP contribution in [0.2, 0.25) is 0 Å². The third kappa shape index (κ3) is 13.3. The van der Waals surface area contributed by atoms with Gasteiger partial charge in [0.15, 0.2) is 0 Å². The summed E-state index contributed by atoms with van der Waals surface area (Å²) < 4.78 is 5.12. The molecule has 1 atom stereocenters. The fraction of sp³-hybridized carbons (Fsp3) is 0.867. The van der Waals surface area contributed by atoms with Crippen LogP contribution in [0.25, 0.3) is 0 Å². The predicted octanol–water partition coefficient (Wildman–Crippen LogP) is 2.75. The van der Waals surface area contributed by atoms with Crippen LogP contribution in [0.15, 0.2) is 0 Å². The number of ether oxygens (including phenoxy) is 1. The highest BCUT2D eigenvalue weighted by molar-refractivity contribution is 5.69. The summed E-state index contributed by atoms with van der Waals surface area (Å²) in [5, 5.41) is 17.2. The van der Waals surface area contributed by atoms with Crippen molar-refractivity contribution in [1.29, 1.82) is 0 Å². The maximum absolute atomic E-state index is 11.4. The van der Waals surface area contributed by atoms with Gasteiger partial charge in [-0.1, -0.05) is 26.2 Å². The number of carbonyl (C=O) groups is 2. The zero-order chi connectivity index (χ0) is 15.2. The maximum Gasteiger partial charge on any atom is 0.305 e. The van der Waals surface area contributed by atoms with Crippen molar-refractivity contribution in [2.45, 2.75) is 64.7 Å². The number of rotatable bonds is 13. The second-order valence-corrected chi connectivity index (χ2v) is 5.29. The Morgan fingerprint density at radius 2 is 1.60 bits per heavy atom. The maximum atomic E-state index is 11.4. The summed E-state index contributed by atoms with van der Waals surface area (Å²) >= 11 is 0. The molecule has 20 heavy (non-hydrogen) atoms. The average molecular weight is 288 g/mol. The van der Waals surface area contributed by atoms with E-state index in [-0.39, 0.29) is 19.0 Å². The van der Waals surface area contributed by atoms with Gasteiger partial charge in [0.1, 0.15) is 0 Å². The Kier molecular flexibility index (Phi) is 12.2. The first-order valence-electron chi connectivity index (χ1n) is 7.54. The first-order chi connectivity index (χ1) is 9.56. The molecule has 0 heterocycles. The number of aliphatic hydroxyl groups is 1.